The third kappa shape index (κ3) is 5.59. The number of halogens is 3. The summed E-state index contributed by atoms with van der Waals surface area (Å²) < 4.78 is 44.7. The Hall–Kier alpha value is -3.07. The molecule has 3 N–H and O–H groups in total. The van der Waals surface area contributed by atoms with Crippen molar-refractivity contribution in [3.05, 3.63) is 53.6 Å². The second-order valence-corrected chi connectivity index (χ2v) is 8.08. The average molecular weight is 447 g/mol. The van der Waals surface area contributed by atoms with E-state index in [1.54, 1.807) is 18.2 Å². The van der Waals surface area contributed by atoms with Crippen molar-refractivity contribution in [3.63, 3.8) is 0 Å². The Morgan fingerprint density at radius 2 is 1.69 bits per heavy atom. The second kappa shape index (κ2) is 9.20. The van der Waals surface area contributed by atoms with Crippen molar-refractivity contribution in [1.29, 1.82) is 0 Å². The van der Waals surface area contributed by atoms with Crippen LogP contribution in [-0.2, 0) is 15.7 Å². The van der Waals surface area contributed by atoms with E-state index in [9.17, 15) is 22.8 Å². The van der Waals surface area contributed by atoms with Gasteiger partial charge in [0.15, 0.2) is 0 Å². The van der Waals surface area contributed by atoms with E-state index in [0.717, 1.165) is 49.8 Å². The van der Waals surface area contributed by atoms with E-state index in [2.05, 4.69) is 16.0 Å². The molecule has 1 aliphatic heterocycles. The molecule has 0 bridgehead atoms. The lowest BCUT2D eigenvalue weighted by molar-refractivity contribution is -0.137. The van der Waals surface area contributed by atoms with E-state index < -0.39 is 17.8 Å². The molecule has 1 heterocycles. The number of amides is 3. The number of ether oxygens (including phenoxy) is 1. The van der Waals surface area contributed by atoms with E-state index in [1.165, 1.54) is 12.1 Å². The minimum absolute atomic E-state index is 0.0194. The maximum Gasteiger partial charge on any atom is 0.416 e. The first kappa shape index (κ1) is 22.1. The van der Waals surface area contributed by atoms with Crippen molar-refractivity contribution in [2.75, 3.05) is 22.6 Å². The molecule has 3 amide bonds. The van der Waals surface area contributed by atoms with Gasteiger partial charge in [0.05, 0.1) is 17.4 Å². The van der Waals surface area contributed by atoms with Crippen molar-refractivity contribution in [2.24, 2.45) is 5.92 Å². The van der Waals surface area contributed by atoms with Gasteiger partial charge in [0, 0.05) is 29.5 Å². The fraction of sp³-hybridized carbons (Fsp3) is 0.391. The number of carbonyl (C=O) groups is 2. The van der Waals surface area contributed by atoms with Crippen LogP contribution in [0.1, 0.15) is 49.3 Å². The van der Waals surface area contributed by atoms with Gasteiger partial charge in [-0.25, -0.2) is 4.79 Å². The van der Waals surface area contributed by atoms with Gasteiger partial charge in [-0.2, -0.15) is 13.2 Å². The average Bonchev–Trinajstić information content (AvgIpc) is 3.60. The molecule has 2 aromatic carbocycles. The molecule has 0 spiro atoms. The van der Waals surface area contributed by atoms with Gasteiger partial charge >= 0.3 is 12.2 Å². The van der Waals surface area contributed by atoms with E-state index in [-0.39, 0.29) is 23.6 Å². The third-order valence-electron chi connectivity index (χ3n) is 5.49. The predicted molar refractivity (Wildman–Crippen MR) is 114 cm³/mol. The number of hydrogen-bond donors (Lipinski definition) is 3. The van der Waals surface area contributed by atoms with Crippen molar-refractivity contribution >= 4 is 29.0 Å². The Morgan fingerprint density at radius 1 is 0.906 bits per heavy atom. The van der Waals surface area contributed by atoms with Crippen LogP contribution in [0.25, 0.3) is 0 Å². The van der Waals surface area contributed by atoms with Gasteiger partial charge in [0.25, 0.3) is 0 Å². The van der Waals surface area contributed by atoms with Crippen molar-refractivity contribution in [1.82, 2.24) is 0 Å². The molecule has 0 radical (unpaired) electrons. The highest BCUT2D eigenvalue weighted by atomic mass is 19.4. The van der Waals surface area contributed by atoms with Crippen LogP contribution in [0, 0.1) is 5.92 Å². The van der Waals surface area contributed by atoms with Gasteiger partial charge in [0.1, 0.15) is 0 Å². The Balaban J connectivity index is 1.53. The minimum atomic E-state index is -4.51. The van der Waals surface area contributed by atoms with Crippen LogP contribution >= 0.6 is 0 Å². The molecule has 1 saturated carbocycles. The van der Waals surface area contributed by atoms with Crippen LogP contribution in [0.3, 0.4) is 0 Å². The highest BCUT2D eigenvalue weighted by molar-refractivity contribution is 6.01. The van der Waals surface area contributed by atoms with Crippen LogP contribution in [0.2, 0.25) is 0 Å². The second-order valence-electron chi connectivity index (χ2n) is 8.08. The van der Waals surface area contributed by atoms with Gasteiger partial charge in [-0.1, -0.05) is 12.1 Å². The number of urea groups is 1. The fourth-order valence-electron chi connectivity index (χ4n) is 3.66. The zero-order valence-corrected chi connectivity index (χ0v) is 17.3. The molecule has 2 aromatic rings. The summed E-state index contributed by atoms with van der Waals surface area (Å²) in [4.78, 5) is 24.7. The number of alkyl halides is 3. The zero-order chi connectivity index (χ0) is 22.7. The highest BCUT2D eigenvalue weighted by Gasteiger charge is 2.31. The summed E-state index contributed by atoms with van der Waals surface area (Å²) in [7, 11) is 0. The molecule has 1 atom stereocenters. The van der Waals surface area contributed by atoms with Crippen LogP contribution in [0.5, 0.6) is 0 Å². The lowest BCUT2D eigenvalue weighted by Gasteiger charge is -2.25. The van der Waals surface area contributed by atoms with Crippen LogP contribution in [0.4, 0.5) is 35.0 Å². The molecular formula is C23H24F3N3O3. The molecule has 4 rings (SSSR count). The number of hydrogen-bond acceptors (Lipinski definition) is 3. The summed E-state index contributed by atoms with van der Waals surface area (Å²) in [5.74, 6) is -0.0389. The van der Waals surface area contributed by atoms with Gasteiger partial charge < -0.3 is 20.7 Å². The number of carbonyl (C=O) groups excluding carboxylic acids is 2. The Kier molecular flexibility index (Phi) is 6.36. The molecular weight excluding hydrogens is 423 g/mol. The molecule has 1 unspecified atom stereocenters. The molecule has 0 aromatic heterocycles. The highest BCUT2D eigenvalue weighted by Crippen LogP contribution is 2.36. The van der Waals surface area contributed by atoms with Crippen LogP contribution < -0.4 is 16.0 Å². The van der Waals surface area contributed by atoms with Crippen molar-refractivity contribution < 1.29 is 27.5 Å². The summed E-state index contributed by atoms with van der Waals surface area (Å²) in [6.07, 6.45) is -0.244. The van der Waals surface area contributed by atoms with E-state index in [0.29, 0.717) is 18.0 Å². The Labute approximate surface area is 183 Å². The summed E-state index contributed by atoms with van der Waals surface area (Å²) in [5.41, 5.74) is 0.904. The lowest BCUT2D eigenvalue weighted by Crippen LogP contribution is -2.22. The lowest BCUT2D eigenvalue weighted by atomic mass is 9.99. The molecule has 32 heavy (non-hydrogen) atoms. The van der Waals surface area contributed by atoms with Crippen molar-refractivity contribution in [3.8, 4) is 0 Å². The quantitative estimate of drug-likeness (QED) is 0.531. The van der Waals surface area contributed by atoms with E-state index >= 15 is 0 Å². The molecule has 9 heteroatoms. The molecule has 2 fully saturated rings. The maximum atomic E-state index is 12.9. The molecule has 6 nitrogen and oxygen atoms in total. The zero-order valence-electron chi connectivity index (χ0n) is 17.3. The SMILES string of the molecule is O=C(Nc1cccc(C(F)(F)F)c1)Nc1cc(NC(=O)C2CC2)ccc1C1CCCCO1. The number of benzene rings is 2. The largest absolute Gasteiger partial charge is 0.416 e. The summed E-state index contributed by atoms with van der Waals surface area (Å²) in [6, 6.07) is 8.96. The van der Waals surface area contributed by atoms with Gasteiger partial charge in [-0.15, -0.1) is 0 Å². The van der Waals surface area contributed by atoms with E-state index in [4.69, 9.17) is 4.74 Å². The van der Waals surface area contributed by atoms with Gasteiger partial charge in [0.2, 0.25) is 5.91 Å². The summed E-state index contributed by atoms with van der Waals surface area (Å²) in [6.45, 7) is 0.612. The topological polar surface area (TPSA) is 79.5 Å². The molecule has 170 valence electrons. The number of nitrogens with one attached hydrogen (secondary N) is 3. The summed E-state index contributed by atoms with van der Waals surface area (Å²) >= 11 is 0. The number of anilines is 3. The van der Waals surface area contributed by atoms with Gasteiger partial charge in [-0.05, 0) is 62.4 Å². The first-order valence-corrected chi connectivity index (χ1v) is 10.6. The Bertz CT molecular complexity index is 999. The fourth-order valence-corrected chi connectivity index (χ4v) is 3.66. The predicted octanol–water partition coefficient (Wildman–Crippen LogP) is 5.94. The third-order valence-corrected chi connectivity index (χ3v) is 5.49. The first-order valence-electron chi connectivity index (χ1n) is 10.6. The standard InChI is InChI=1S/C23H24F3N3O3/c24-23(25,26)15-4-3-5-16(12-15)28-22(31)29-19-13-17(27-21(30)14-7-8-14)9-10-18(19)20-6-1-2-11-32-20/h3-5,9-10,12-14,20H,1-2,6-8,11H2,(H,27,30)(H2,28,29,31). The molecule has 2 aliphatic rings. The monoisotopic (exact) mass is 447 g/mol. The minimum Gasteiger partial charge on any atom is -0.373 e. The normalized spacial score (nSPS) is 18.7. The smallest absolute Gasteiger partial charge is 0.373 e. The van der Waals surface area contributed by atoms with Crippen LogP contribution in [-0.4, -0.2) is 18.5 Å². The summed E-state index contributed by atoms with van der Waals surface area (Å²) in [5, 5.41) is 8.00. The first-order chi connectivity index (χ1) is 15.3. The van der Waals surface area contributed by atoms with Crippen molar-refractivity contribution in [2.45, 2.75) is 44.4 Å². The molecule has 1 aliphatic carbocycles. The van der Waals surface area contributed by atoms with Gasteiger partial charge in [-0.3, -0.25) is 4.79 Å². The van der Waals surface area contributed by atoms with E-state index in [1.807, 2.05) is 0 Å². The molecule has 1 saturated heterocycles. The van der Waals surface area contributed by atoms with Crippen LogP contribution in [0.15, 0.2) is 42.5 Å². The maximum absolute atomic E-state index is 12.9. The number of rotatable bonds is 5. The Morgan fingerprint density at radius 3 is 2.38 bits per heavy atom.